The predicted octanol–water partition coefficient (Wildman–Crippen LogP) is 2.52. The van der Waals surface area contributed by atoms with Crippen molar-refractivity contribution in [3.63, 3.8) is 0 Å². The van der Waals surface area contributed by atoms with Crippen molar-refractivity contribution in [1.82, 2.24) is 4.90 Å². The van der Waals surface area contributed by atoms with Crippen LogP contribution in [-0.4, -0.2) is 29.8 Å². The smallest absolute Gasteiger partial charge is 0.253 e. The first-order valence-corrected chi connectivity index (χ1v) is 6.73. The van der Waals surface area contributed by atoms with Crippen LogP contribution in [0.1, 0.15) is 37.0 Å². The molecule has 1 aliphatic heterocycles. The zero-order chi connectivity index (χ0) is 13.8. The molecule has 0 bridgehead atoms. The number of carbonyl (C=O) groups is 2. The SMILES string of the molecule is CC(=O)Nc1ccc(C(=O)N2CCCC(C)C2)cc1. The average molecular weight is 260 g/mol. The number of amides is 2. The highest BCUT2D eigenvalue weighted by atomic mass is 16.2. The third-order valence-corrected chi connectivity index (χ3v) is 3.40. The Bertz CT molecular complexity index is 468. The van der Waals surface area contributed by atoms with E-state index >= 15 is 0 Å². The fraction of sp³-hybridized carbons (Fsp3) is 0.467. The minimum atomic E-state index is -0.107. The molecular formula is C15H20N2O2. The van der Waals surface area contributed by atoms with Crippen molar-refractivity contribution in [2.24, 2.45) is 5.92 Å². The number of anilines is 1. The van der Waals surface area contributed by atoms with Gasteiger partial charge in [-0.2, -0.15) is 0 Å². The van der Waals surface area contributed by atoms with Gasteiger partial charge in [-0.25, -0.2) is 0 Å². The Balaban J connectivity index is 2.04. The number of likely N-dealkylation sites (tertiary alicyclic amines) is 1. The Labute approximate surface area is 113 Å². The lowest BCUT2D eigenvalue weighted by atomic mass is 9.99. The second-order valence-corrected chi connectivity index (χ2v) is 5.26. The van der Waals surface area contributed by atoms with E-state index in [-0.39, 0.29) is 11.8 Å². The lowest BCUT2D eigenvalue weighted by Gasteiger charge is -2.31. The monoisotopic (exact) mass is 260 g/mol. The summed E-state index contributed by atoms with van der Waals surface area (Å²) in [5.74, 6) is 0.557. The highest BCUT2D eigenvalue weighted by molar-refractivity contribution is 5.95. The van der Waals surface area contributed by atoms with E-state index in [0.717, 1.165) is 25.2 Å². The van der Waals surface area contributed by atoms with Crippen LogP contribution in [-0.2, 0) is 4.79 Å². The molecule has 0 spiro atoms. The van der Waals surface area contributed by atoms with Crippen molar-refractivity contribution < 1.29 is 9.59 Å². The van der Waals surface area contributed by atoms with Crippen LogP contribution >= 0.6 is 0 Å². The summed E-state index contributed by atoms with van der Waals surface area (Å²) >= 11 is 0. The normalized spacial score (nSPS) is 19.1. The second kappa shape index (κ2) is 5.87. The van der Waals surface area contributed by atoms with E-state index in [1.807, 2.05) is 4.90 Å². The van der Waals surface area contributed by atoms with Gasteiger partial charge in [-0.15, -0.1) is 0 Å². The number of rotatable bonds is 2. The fourth-order valence-corrected chi connectivity index (χ4v) is 2.46. The molecule has 1 N–H and O–H groups in total. The average Bonchev–Trinajstić information content (AvgIpc) is 2.38. The summed E-state index contributed by atoms with van der Waals surface area (Å²) in [6.07, 6.45) is 2.28. The number of piperidine rings is 1. The van der Waals surface area contributed by atoms with Gasteiger partial charge in [0.25, 0.3) is 5.91 Å². The molecule has 1 saturated heterocycles. The van der Waals surface area contributed by atoms with Crippen molar-refractivity contribution in [2.45, 2.75) is 26.7 Å². The Morgan fingerprint density at radius 1 is 1.26 bits per heavy atom. The number of hydrogen-bond donors (Lipinski definition) is 1. The highest BCUT2D eigenvalue weighted by Crippen LogP contribution is 2.18. The number of nitrogens with zero attached hydrogens (tertiary/aromatic N) is 1. The first-order chi connectivity index (χ1) is 9.06. The topological polar surface area (TPSA) is 49.4 Å². The Kier molecular flexibility index (Phi) is 4.20. The lowest BCUT2D eigenvalue weighted by molar-refractivity contribution is -0.114. The van der Waals surface area contributed by atoms with Crippen molar-refractivity contribution >= 4 is 17.5 Å². The van der Waals surface area contributed by atoms with Crippen LogP contribution in [0.2, 0.25) is 0 Å². The molecule has 1 aliphatic rings. The summed E-state index contributed by atoms with van der Waals surface area (Å²) < 4.78 is 0. The van der Waals surface area contributed by atoms with Gasteiger partial charge in [-0.05, 0) is 43.0 Å². The van der Waals surface area contributed by atoms with Crippen molar-refractivity contribution in [3.05, 3.63) is 29.8 Å². The first kappa shape index (κ1) is 13.6. The Hall–Kier alpha value is -1.84. The standard InChI is InChI=1S/C15H20N2O2/c1-11-4-3-9-17(10-11)15(19)13-5-7-14(8-6-13)16-12(2)18/h5-8,11H,3-4,9-10H2,1-2H3,(H,16,18). The zero-order valence-corrected chi connectivity index (χ0v) is 11.5. The molecule has 1 atom stereocenters. The lowest BCUT2D eigenvalue weighted by Crippen LogP contribution is -2.39. The second-order valence-electron chi connectivity index (χ2n) is 5.26. The first-order valence-electron chi connectivity index (χ1n) is 6.73. The van der Waals surface area contributed by atoms with Crippen molar-refractivity contribution in [3.8, 4) is 0 Å². The number of hydrogen-bond acceptors (Lipinski definition) is 2. The van der Waals surface area contributed by atoms with Gasteiger partial charge in [0.2, 0.25) is 5.91 Å². The molecule has 1 aromatic carbocycles. The molecule has 0 saturated carbocycles. The largest absolute Gasteiger partial charge is 0.338 e. The third-order valence-electron chi connectivity index (χ3n) is 3.40. The quantitative estimate of drug-likeness (QED) is 0.888. The molecule has 1 fully saturated rings. The van der Waals surface area contributed by atoms with Crippen LogP contribution in [0.5, 0.6) is 0 Å². The minimum absolute atomic E-state index is 0.0842. The van der Waals surface area contributed by atoms with Crippen LogP contribution in [0.3, 0.4) is 0 Å². The molecule has 4 heteroatoms. The summed E-state index contributed by atoms with van der Waals surface area (Å²) in [5.41, 5.74) is 1.40. The van der Waals surface area contributed by atoms with E-state index in [0.29, 0.717) is 11.5 Å². The van der Waals surface area contributed by atoms with Gasteiger partial charge in [0.15, 0.2) is 0 Å². The van der Waals surface area contributed by atoms with E-state index in [4.69, 9.17) is 0 Å². The summed E-state index contributed by atoms with van der Waals surface area (Å²) in [6.45, 7) is 5.33. The number of carbonyl (C=O) groups excluding carboxylic acids is 2. The van der Waals surface area contributed by atoms with Gasteiger partial charge in [0.05, 0.1) is 0 Å². The molecule has 2 rings (SSSR count). The molecular weight excluding hydrogens is 240 g/mol. The van der Waals surface area contributed by atoms with Gasteiger partial charge in [0.1, 0.15) is 0 Å². The Morgan fingerprint density at radius 2 is 1.95 bits per heavy atom. The van der Waals surface area contributed by atoms with Crippen LogP contribution in [0.4, 0.5) is 5.69 Å². The van der Waals surface area contributed by atoms with Crippen LogP contribution in [0.15, 0.2) is 24.3 Å². The van der Waals surface area contributed by atoms with Gasteiger partial charge >= 0.3 is 0 Å². The maximum absolute atomic E-state index is 12.3. The molecule has 1 unspecified atom stereocenters. The molecule has 1 heterocycles. The summed E-state index contributed by atoms with van der Waals surface area (Å²) in [4.78, 5) is 25.2. The van der Waals surface area contributed by atoms with E-state index in [2.05, 4.69) is 12.2 Å². The predicted molar refractivity (Wildman–Crippen MR) is 75.0 cm³/mol. The van der Waals surface area contributed by atoms with Gasteiger partial charge < -0.3 is 10.2 Å². The molecule has 0 radical (unpaired) electrons. The van der Waals surface area contributed by atoms with Crippen LogP contribution in [0.25, 0.3) is 0 Å². The molecule has 19 heavy (non-hydrogen) atoms. The molecule has 0 aliphatic carbocycles. The summed E-state index contributed by atoms with van der Waals surface area (Å²) in [6, 6.07) is 7.07. The molecule has 1 aromatic rings. The molecule has 0 aromatic heterocycles. The van der Waals surface area contributed by atoms with Gasteiger partial charge in [-0.1, -0.05) is 6.92 Å². The minimum Gasteiger partial charge on any atom is -0.338 e. The summed E-state index contributed by atoms with van der Waals surface area (Å²) in [5, 5.41) is 2.69. The summed E-state index contributed by atoms with van der Waals surface area (Å²) in [7, 11) is 0. The molecule has 4 nitrogen and oxygen atoms in total. The number of nitrogens with one attached hydrogen (secondary N) is 1. The van der Waals surface area contributed by atoms with E-state index in [1.54, 1.807) is 24.3 Å². The van der Waals surface area contributed by atoms with E-state index in [9.17, 15) is 9.59 Å². The number of benzene rings is 1. The molecule has 2 amide bonds. The third kappa shape index (κ3) is 3.56. The van der Waals surface area contributed by atoms with E-state index in [1.165, 1.54) is 13.3 Å². The van der Waals surface area contributed by atoms with Crippen molar-refractivity contribution in [1.29, 1.82) is 0 Å². The van der Waals surface area contributed by atoms with Gasteiger partial charge in [-0.3, -0.25) is 9.59 Å². The Morgan fingerprint density at radius 3 is 2.53 bits per heavy atom. The van der Waals surface area contributed by atoms with E-state index < -0.39 is 0 Å². The van der Waals surface area contributed by atoms with Crippen molar-refractivity contribution in [2.75, 3.05) is 18.4 Å². The highest BCUT2D eigenvalue weighted by Gasteiger charge is 2.21. The molecule has 102 valence electrons. The maximum Gasteiger partial charge on any atom is 0.253 e. The zero-order valence-electron chi connectivity index (χ0n) is 11.5. The fourth-order valence-electron chi connectivity index (χ4n) is 2.46. The van der Waals surface area contributed by atoms with Gasteiger partial charge in [0, 0.05) is 31.3 Å². The maximum atomic E-state index is 12.3. The van der Waals surface area contributed by atoms with Crippen LogP contribution < -0.4 is 5.32 Å². The van der Waals surface area contributed by atoms with Crippen LogP contribution in [0, 0.1) is 5.92 Å².